The van der Waals surface area contributed by atoms with Crippen LogP contribution in [0.5, 0.6) is 0 Å². The van der Waals surface area contributed by atoms with Crippen molar-refractivity contribution in [3.05, 3.63) is 0 Å². The molecule has 0 aromatic heterocycles. The molecule has 0 saturated heterocycles. The number of nitrogens with zero attached hydrogens (tertiary/aromatic N) is 2. The van der Waals surface area contributed by atoms with Gasteiger partial charge in [0.15, 0.2) is 0 Å². The molecule has 0 bridgehead atoms. The Morgan fingerprint density at radius 3 is 1.95 bits per heavy atom. The Bertz CT molecular complexity index is 377. The summed E-state index contributed by atoms with van der Waals surface area (Å²) in [4.78, 5) is 14.6. The van der Waals surface area contributed by atoms with Crippen molar-refractivity contribution in [1.29, 1.82) is 0 Å². The van der Waals surface area contributed by atoms with E-state index in [1.807, 2.05) is 0 Å². The number of carbonyl (C=O) groups is 1. The van der Waals surface area contributed by atoms with Crippen LogP contribution in [0.4, 0.5) is 18.0 Å². The maximum absolute atomic E-state index is 13.0. The Balaban J connectivity index is 3.04. The summed E-state index contributed by atoms with van der Waals surface area (Å²) < 4.78 is 38.9. The van der Waals surface area contributed by atoms with Crippen molar-refractivity contribution in [2.24, 2.45) is 5.92 Å². The zero-order chi connectivity index (χ0) is 16.6. The largest absolute Gasteiger partial charge is 0.465 e. The SMILES string of the molecule is CN(C)[C@H]1C[C@@H](C(F)(F)F)CC[C@@H]1N(C(=O)O)C(C)(C)C. The number of rotatable bonds is 2. The fourth-order valence-electron chi connectivity index (χ4n) is 3.21. The molecule has 1 aliphatic rings. The zero-order valence-electron chi connectivity index (χ0n) is 13.2. The van der Waals surface area contributed by atoms with Gasteiger partial charge < -0.3 is 10.0 Å². The predicted octanol–water partition coefficient (Wildman–Crippen LogP) is 3.43. The molecule has 0 aromatic rings. The molecule has 1 saturated carbocycles. The first-order chi connectivity index (χ1) is 9.35. The molecule has 3 atom stereocenters. The van der Waals surface area contributed by atoms with Gasteiger partial charge in [0.25, 0.3) is 0 Å². The molecule has 1 rings (SSSR count). The molecule has 21 heavy (non-hydrogen) atoms. The Hall–Kier alpha value is -0.980. The van der Waals surface area contributed by atoms with Crippen molar-refractivity contribution in [2.45, 2.75) is 63.8 Å². The molecule has 1 aliphatic carbocycles. The molecule has 1 N–H and O–H groups in total. The molecule has 0 unspecified atom stereocenters. The van der Waals surface area contributed by atoms with Crippen LogP contribution in [0, 0.1) is 5.92 Å². The maximum atomic E-state index is 13.0. The van der Waals surface area contributed by atoms with Gasteiger partial charge in [0.2, 0.25) is 0 Å². The summed E-state index contributed by atoms with van der Waals surface area (Å²) in [7, 11) is 3.41. The van der Waals surface area contributed by atoms with E-state index in [0.717, 1.165) is 0 Å². The van der Waals surface area contributed by atoms with Crippen molar-refractivity contribution >= 4 is 6.09 Å². The van der Waals surface area contributed by atoms with E-state index < -0.39 is 35.8 Å². The highest BCUT2D eigenvalue weighted by Crippen LogP contribution is 2.41. The van der Waals surface area contributed by atoms with Crippen molar-refractivity contribution in [3.63, 3.8) is 0 Å². The fraction of sp³-hybridized carbons (Fsp3) is 0.929. The third-order valence-corrected chi connectivity index (χ3v) is 4.17. The summed E-state index contributed by atoms with van der Waals surface area (Å²) in [5.41, 5.74) is -0.643. The van der Waals surface area contributed by atoms with Crippen LogP contribution in [0.1, 0.15) is 40.0 Å². The van der Waals surface area contributed by atoms with E-state index in [-0.39, 0.29) is 19.3 Å². The first kappa shape index (κ1) is 18.1. The van der Waals surface area contributed by atoms with Crippen LogP contribution in [0.3, 0.4) is 0 Å². The van der Waals surface area contributed by atoms with Crippen LogP contribution in [-0.2, 0) is 0 Å². The quantitative estimate of drug-likeness (QED) is 0.850. The lowest BCUT2D eigenvalue weighted by atomic mass is 9.79. The molecule has 0 aromatic carbocycles. The zero-order valence-corrected chi connectivity index (χ0v) is 13.2. The average Bonchev–Trinajstić information content (AvgIpc) is 2.24. The summed E-state index contributed by atoms with van der Waals surface area (Å²) in [5, 5.41) is 9.47. The molecule has 4 nitrogen and oxygen atoms in total. The Morgan fingerprint density at radius 1 is 1.10 bits per heavy atom. The van der Waals surface area contributed by atoms with E-state index in [1.54, 1.807) is 39.8 Å². The lowest BCUT2D eigenvalue weighted by Crippen LogP contribution is -2.60. The maximum Gasteiger partial charge on any atom is 0.408 e. The van der Waals surface area contributed by atoms with E-state index in [1.165, 1.54) is 4.90 Å². The van der Waals surface area contributed by atoms with Gasteiger partial charge in [-0.3, -0.25) is 4.90 Å². The second-order valence-corrected chi connectivity index (χ2v) is 6.97. The van der Waals surface area contributed by atoms with Crippen LogP contribution < -0.4 is 0 Å². The van der Waals surface area contributed by atoms with Crippen molar-refractivity contribution in [2.75, 3.05) is 14.1 Å². The number of carboxylic acid groups (broad SMARTS) is 1. The van der Waals surface area contributed by atoms with E-state index in [9.17, 15) is 23.1 Å². The number of hydrogen-bond acceptors (Lipinski definition) is 2. The molecule has 1 amide bonds. The third kappa shape index (κ3) is 4.25. The molecule has 7 heteroatoms. The number of amides is 1. The smallest absolute Gasteiger partial charge is 0.408 e. The van der Waals surface area contributed by atoms with Gasteiger partial charge >= 0.3 is 12.3 Å². The normalized spacial score (nSPS) is 27.8. The van der Waals surface area contributed by atoms with Crippen LogP contribution in [0.2, 0.25) is 0 Å². The molecule has 124 valence electrons. The fourth-order valence-corrected chi connectivity index (χ4v) is 3.21. The van der Waals surface area contributed by atoms with Crippen LogP contribution >= 0.6 is 0 Å². The Labute approximate surface area is 123 Å². The predicted molar refractivity (Wildman–Crippen MR) is 74.3 cm³/mol. The summed E-state index contributed by atoms with van der Waals surface area (Å²) in [5.74, 6) is -1.35. The highest BCUT2D eigenvalue weighted by Gasteiger charge is 2.48. The van der Waals surface area contributed by atoms with Gasteiger partial charge in [-0.1, -0.05) is 0 Å². The minimum Gasteiger partial charge on any atom is -0.465 e. The lowest BCUT2D eigenvalue weighted by molar-refractivity contribution is -0.190. The second-order valence-electron chi connectivity index (χ2n) is 6.97. The molecular formula is C14H25F3N2O2. The van der Waals surface area contributed by atoms with Crippen LogP contribution in [0.25, 0.3) is 0 Å². The summed E-state index contributed by atoms with van der Waals surface area (Å²) >= 11 is 0. The van der Waals surface area contributed by atoms with Gasteiger partial charge in [0.05, 0.1) is 12.0 Å². The second kappa shape index (κ2) is 6.02. The van der Waals surface area contributed by atoms with Crippen molar-refractivity contribution in [1.82, 2.24) is 9.80 Å². The number of hydrogen-bond donors (Lipinski definition) is 1. The van der Waals surface area contributed by atoms with Gasteiger partial charge in [0.1, 0.15) is 0 Å². The number of likely N-dealkylation sites (N-methyl/N-ethyl adjacent to an activating group) is 1. The van der Waals surface area contributed by atoms with Crippen LogP contribution in [0.15, 0.2) is 0 Å². The van der Waals surface area contributed by atoms with Gasteiger partial charge in [-0.2, -0.15) is 13.2 Å². The average molecular weight is 310 g/mol. The highest BCUT2D eigenvalue weighted by molar-refractivity contribution is 5.66. The topological polar surface area (TPSA) is 43.8 Å². The molecule has 1 fully saturated rings. The third-order valence-electron chi connectivity index (χ3n) is 4.17. The minimum atomic E-state index is -4.21. The number of alkyl halides is 3. The monoisotopic (exact) mass is 310 g/mol. The van der Waals surface area contributed by atoms with Gasteiger partial charge in [-0.25, -0.2) is 4.79 Å². The van der Waals surface area contributed by atoms with E-state index in [4.69, 9.17) is 0 Å². The number of halogens is 3. The van der Waals surface area contributed by atoms with E-state index >= 15 is 0 Å². The van der Waals surface area contributed by atoms with Gasteiger partial charge in [-0.15, -0.1) is 0 Å². The highest BCUT2D eigenvalue weighted by atomic mass is 19.4. The molecular weight excluding hydrogens is 285 g/mol. The van der Waals surface area contributed by atoms with Gasteiger partial charge in [-0.05, 0) is 54.1 Å². The standard InChI is InChI=1S/C14H25F3N2O2/c1-13(2,3)19(12(20)21)10-7-6-9(14(15,16)17)8-11(10)18(4)5/h9-11H,6-8H2,1-5H3,(H,20,21)/t9-,10-,11-/m0/s1. The molecule has 0 heterocycles. The summed E-state index contributed by atoms with van der Waals surface area (Å²) in [6, 6.07) is -0.850. The summed E-state index contributed by atoms with van der Waals surface area (Å²) in [6.45, 7) is 5.30. The Morgan fingerprint density at radius 2 is 1.62 bits per heavy atom. The van der Waals surface area contributed by atoms with E-state index in [2.05, 4.69) is 0 Å². The first-order valence-corrected chi connectivity index (χ1v) is 7.11. The molecule has 0 aliphatic heterocycles. The lowest BCUT2D eigenvalue weighted by Gasteiger charge is -2.48. The molecule has 0 spiro atoms. The first-order valence-electron chi connectivity index (χ1n) is 7.11. The van der Waals surface area contributed by atoms with Gasteiger partial charge in [0, 0.05) is 11.6 Å². The Kier molecular flexibility index (Phi) is 5.18. The summed E-state index contributed by atoms with van der Waals surface area (Å²) in [6.07, 6.45) is -5.13. The van der Waals surface area contributed by atoms with Crippen LogP contribution in [-0.4, -0.2) is 58.9 Å². The van der Waals surface area contributed by atoms with E-state index in [0.29, 0.717) is 0 Å². The van der Waals surface area contributed by atoms with Crippen molar-refractivity contribution < 1.29 is 23.1 Å². The minimum absolute atomic E-state index is 0.0155. The molecule has 0 radical (unpaired) electrons. The van der Waals surface area contributed by atoms with Crippen molar-refractivity contribution in [3.8, 4) is 0 Å².